The summed E-state index contributed by atoms with van der Waals surface area (Å²) in [5, 5.41) is 3.74. The Hall–Kier alpha value is -2.77. The SMILES string of the molecule is CCc1noc(COC(=O)CCc2cc(OC)c(OC)c(OC)c2)n1. The van der Waals surface area contributed by atoms with Crippen molar-refractivity contribution in [1.82, 2.24) is 10.1 Å². The number of hydrogen-bond acceptors (Lipinski definition) is 8. The first-order valence-corrected chi connectivity index (χ1v) is 7.87. The average Bonchev–Trinajstić information content (AvgIpc) is 3.11. The van der Waals surface area contributed by atoms with Gasteiger partial charge < -0.3 is 23.5 Å². The molecular formula is C17H22N2O6. The first-order valence-electron chi connectivity index (χ1n) is 7.87. The molecule has 0 saturated heterocycles. The summed E-state index contributed by atoms with van der Waals surface area (Å²) >= 11 is 0. The molecule has 0 unspecified atom stereocenters. The highest BCUT2D eigenvalue weighted by Gasteiger charge is 2.14. The third-order valence-corrected chi connectivity index (χ3v) is 3.53. The molecule has 25 heavy (non-hydrogen) atoms. The van der Waals surface area contributed by atoms with Crippen LogP contribution in [0.1, 0.15) is 30.6 Å². The van der Waals surface area contributed by atoms with Crippen LogP contribution in [0, 0.1) is 0 Å². The minimum absolute atomic E-state index is 0.0267. The van der Waals surface area contributed by atoms with Crippen molar-refractivity contribution in [3.63, 3.8) is 0 Å². The molecule has 0 bridgehead atoms. The lowest BCUT2D eigenvalue weighted by Gasteiger charge is -2.14. The van der Waals surface area contributed by atoms with Crippen molar-refractivity contribution >= 4 is 5.97 Å². The van der Waals surface area contributed by atoms with Gasteiger partial charge >= 0.3 is 5.97 Å². The molecule has 136 valence electrons. The molecule has 1 heterocycles. The molecule has 8 heteroatoms. The van der Waals surface area contributed by atoms with Gasteiger partial charge in [0.1, 0.15) is 0 Å². The maximum Gasteiger partial charge on any atom is 0.306 e. The first kappa shape index (κ1) is 18.6. The third kappa shape index (κ3) is 4.85. The molecule has 1 aromatic carbocycles. The molecule has 0 atom stereocenters. The Morgan fingerprint density at radius 3 is 2.32 bits per heavy atom. The zero-order valence-corrected chi connectivity index (χ0v) is 14.8. The largest absolute Gasteiger partial charge is 0.493 e. The lowest BCUT2D eigenvalue weighted by Crippen LogP contribution is -2.06. The van der Waals surface area contributed by atoms with Gasteiger partial charge in [-0.2, -0.15) is 4.98 Å². The third-order valence-electron chi connectivity index (χ3n) is 3.53. The Morgan fingerprint density at radius 1 is 1.12 bits per heavy atom. The van der Waals surface area contributed by atoms with Gasteiger partial charge in [0, 0.05) is 12.8 Å². The Balaban J connectivity index is 1.92. The van der Waals surface area contributed by atoms with Crippen LogP contribution in [0.4, 0.5) is 0 Å². The van der Waals surface area contributed by atoms with Crippen LogP contribution < -0.4 is 14.2 Å². The minimum Gasteiger partial charge on any atom is -0.493 e. The van der Waals surface area contributed by atoms with Gasteiger partial charge in [-0.05, 0) is 24.1 Å². The van der Waals surface area contributed by atoms with Crippen LogP contribution in [-0.2, 0) is 29.0 Å². The topological polar surface area (TPSA) is 92.9 Å². The van der Waals surface area contributed by atoms with Crippen molar-refractivity contribution in [2.45, 2.75) is 32.8 Å². The van der Waals surface area contributed by atoms with Gasteiger partial charge in [-0.3, -0.25) is 4.79 Å². The summed E-state index contributed by atoms with van der Waals surface area (Å²) < 4.78 is 26.0. The maximum absolute atomic E-state index is 11.9. The fraction of sp³-hybridized carbons (Fsp3) is 0.471. The van der Waals surface area contributed by atoms with E-state index in [9.17, 15) is 4.79 Å². The Labute approximate surface area is 146 Å². The van der Waals surface area contributed by atoms with Crippen molar-refractivity contribution < 1.29 is 28.3 Å². The number of methoxy groups -OCH3 is 3. The van der Waals surface area contributed by atoms with Crippen molar-refractivity contribution in [1.29, 1.82) is 0 Å². The van der Waals surface area contributed by atoms with Gasteiger partial charge in [0.25, 0.3) is 5.89 Å². The van der Waals surface area contributed by atoms with E-state index >= 15 is 0 Å². The van der Waals surface area contributed by atoms with Crippen LogP contribution in [0.25, 0.3) is 0 Å². The van der Waals surface area contributed by atoms with Gasteiger partial charge in [-0.25, -0.2) is 0 Å². The minimum atomic E-state index is -0.356. The van der Waals surface area contributed by atoms with Gasteiger partial charge in [0.15, 0.2) is 23.9 Å². The van der Waals surface area contributed by atoms with Crippen LogP contribution in [0.15, 0.2) is 16.7 Å². The Kier molecular flexibility index (Phi) is 6.62. The summed E-state index contributed by atoms with van der Waals surface area (Å²) in [6.45, 7) is 1.89. The fourth-order valence-corrected chi connectivity index (χ4v) is 2.23. The zero-order chi connectivity index (χ0) is 18.2. The van der Waals surface area contributed by atoms with E-state index in [1.54, 1.807) is 33.5 Å². The number of nitrogens with zero attached hydrogens (tertiary/aromatic N) is 2. The van der Waals surface area contributed by atoms with E-state index in [4.69, 9.17) is 23.5 Å². The number of carbonyl (C=O) groups is 1. The fourth-order valence-electron chi connectivity index (χ4n) is 2.23. The number of aryl methyl sites for hydroxylation is 2. The summed E-state index contributed by atoms with van der Waals surface area (Å²) in [4.78, 5) is 16.0. The van der Waals surface area contributed by atoms with Crippen molar-refractivity contribution in [2.75, 3.05) is 21.3 Å². The van der Waals surface area contributed by atoms with Crippen LogP contribution in [-0.4, -0.2) is 37.4 Å². The second-order valence-electron chi connectivity index (χ2n) is 5.15. The summed E-state index contributed by atoms with van der Waals surface area (Å²) in [7, 11) is 4.63. The standard InChI is InChI=1S/C17H22N2O6/c1-5-14-18-15(25-19-14)10-24-16(20)7-6-11-8-12(21-2)17(23-4)13(9-11)22-3/h8-9H,5-7,10H2,1-4H3. The summed E-state index contributed by atoms with van der Waals surface area (Å²) in [6.07, 6.45) is 1.34. The highest BCUT2D eigenvalue weighted by atomic mass is 16.6. The predicted molar refractivity (Wildman–Crippen MR) is 87.9 cm³/mol. The van der Waals surface area contributed by atoms with E-state index in [1.807, 2.05) is 6.92 Å². The lowest BCUT2D eigenvalue weighted by atomic mass is 10.1. The quantitative estimate of drug-likeness (QED) is 0.636. The number of hydrogen-bond donors (Lipinski definition) is 0. The molecule has 8 nitrogen and oxygen atoms in total. The summed E-state index contributed by atoms with van der Waals surface area (Å²) in [5.74, 6) is 2.12. The first-order chi connectivity index (χ1) is 12.1. The van der Waals surface area contributed by atoms with E-state index in [1.165, 1.54) is 0 Å². The molecule has 0 saturated carbocycles. The maximum atomic E-state index is 11.9. The molecule has 0 radical (unpaired) electrons. The van der Waals surface area contributed by atoms with Crippen LogP contribution in [0.3, 0.4) is 0 Å². The molecular weight excluding hydrogens is 328 g/mol. The molecule has 0 aliphatic rings. The van der Waals surface area contributed by atoms with Gasteiger partial charge in [0.2, 0.25) is 5.75 Å². The number of ether oxygens (including phenoxy) is 4. The van der Waals surface area contributed by atoms with Crippen molar-refractivity contribution in [2.24, 2.45) is 0 Å². The van der Waals surface area contributed by atoms with Crippen LogP contribution in [0.2, 0.25) is 0 Å². The molecule has 2 aromatic rings. The summed E-state index contributed by atoms with van der Waals surface area (Å²) in [6, 6.07) is 3.61. The van der Waals surface area contributed by atoms with E-state index in [0.29, 0.717) is 35.9 Å². The van der Waals surface area contributed by atoms with Crippen LogP contribution in [0.5, 0.6) is 17.2 Å². The highest BCUT2D eigenvalue weighted by molar-refractivity contribution is 5.69. The molecule has 0 aliphatic carbocycles. The zero-order valence-electron chi connectivity index (χ0n) is 14.8. The molecule has 0 spiro atoms. The number of benzene rings is 1. The number of esters is 1. The molecule has 0 aliphatic heterocycles. The molecule has 0 fully saturated rings. The lowest BCUT2D eigenvalue weighted by molar-refractivity contribution is -0.145. The molecule has 2 rings (SSSR count). The number of rotatable bonds is 9. The average molecular weight is 350 g/mol. The number of aromatic nitrogens is 2. The van der Waals surface area contributed by atoms with Crippen molar-refractivity contribution in [3.8, 4) is 17.2 Å². The second-order valence-corrected chi connectivity index (χ2v) is 5.15. The molecule has 1 aromatic heterocycles. The van der Waals surface area contributed by atoms with Gasteiger partial charge in [-0.15, -0.1) is 0 Å². The van der Waals surface area contributed by atoms with E-state index < -0.39 is 0 Å². The van der Waals surface area contributed by atoms with Gasteiger partial charge in [0.05, 0.1) is 21.3 Å². The van der Waals surface area contributed by atoms with Crippen molar-refractivity contribution in [3.05, 3.63) is 29.4 Å². The van der Waals surface area contributed by atoms with Gasteiger partial charge in [-0.1, -0.05) is 12.1 Å². The highest BCUT2D eigenvalue weighted by Crippen LogP contribution is 2.38. The molecule has 0 N–H and O–H groups in total. The number of carbonyl (C=O) groups excluding carboxylic acids is 1. The smallest absolute Gasteiger partial charge is 0.306 e. The Morgan fingerprint density at radius 2 is 1.80 bits per heavy atom. The Bertz CT molecular complexity index is 688. The van der Waals surface area contributed by atoms with Crippen LogP contribution >= 0.6 is 0 Å². The van der Waals surface area contributed by atoms with E-state index in [2.05, 4.69) is 10.1 Å². The van der Waals surface area contributed by atoms with E-state index in [0.717, 1.165) is 5.56 Å². The van der Waals surface area contributed by atoms with E-state index in [-0.39, 0.29) is 24.9 Å². The predicted octanol–water partition coefficient (Wildman–Crippen LogP) is 2.33. The summed E-state index contributed by atoms with van der Waals surface area (Å²) in [5.41, 5.74) is 0.873. The molecule has 0 amide bonds. The monoisotopic (exact) mass is 350 g/mol. The second kappa shape index (κ2) is 8.91. The normalized spacial score (nSPS) is 10.4.